The molecule has 0 aromatic heterocycles. The fourth-order valence-electron chi connectivity index (χ4n) is 2.81. The summed E-state index contributed by atoms with van der Waals surface area (Å²) in [4.78, 5) is 35.9. The molecule has 0 aromatic carbocycles. The molecule has 1 unspecified atom stereocenters. The Morgan fingerprint density at radius 3 is 2.19 bits per heavy atom. The number of piperidine rings is 1. The lowest BCUT2D eigenvalue weighted by atomic mass is 10.0. The minimum absolute atomic E-state index is 0.0724. The van der Waals surface area contributed by atoms with Crippen LogP contribution in [0.1, 0.15) is 19.3 Å². The van der Waals surface area contributed by atoms with Gasteiger partial charge in [-0.15, -0.1) is 0 Å². The van der Waals surface area contributed by atoms with E-state index in [2.05, 4.69) is 0 Å². The van der Waals surface area contributed by atoms with Crippen LogP contribution in [-0.2, 0) is 14.4 Å². The fourth-order valence-corrected chi connectivity index (χ4v) is 2.81. The number of carbonyl (C=O) groups is 3. The van der Waals surface area contributed by atoms with E-state index in [1.54, 1.807) is 0 Å². The molecule has 1 N–H and O–H groups in total. The second-order valence-corrected chi connectivity index (χ2v) is 5.31. The largest absolute Gasteiger partial charge is 0.481 e. The molecule has 2 rings (SSSR count). The molecule has 1 atom stereocenters. The van der Waals surface area contributed by atoms with Crippen LogP contribution in [0.25, 0.3) is 0 Å². The Morgan fingerprint density at radius 2 is 1.76 bits per heavy atom. The zero-order chi connectivity index (χ0) is 15.8. The summed E-state index contributed by atoms with van der Waals surface area (Å²) in [5, 5.41) is 8.89. The van der Waals surface area contributed by atoms with Gasteiger partial charge >= 0.3 is 18.1 Å². The van der Waals surface area contributed by atoms with E-state index in [1.165, 1.54) is 4.90 Å². The lowest BCUT2D eigenvalue weighted by Gasteiger charge is -2.36. The third-order valence-electron chi connectivity index (χ3n) is 3.94. The van der Waals surface area contributed by atoms with Gasteiger partial charge in [0.05, 0.1) is 5.92 Å². The lowest BCUT2D eigenvalue weighted by Crippen LogP contribution is -2.50. The van der Waals surface area contributed by atoms with Crippen molar-refractivity contribution >= 4 is 17.8 Å². The number of alkyl halides is 3. The average Bonchev–Trinajstić information content (AvgIpc) is 2.79. The molecule has 0 aromatic rings. The molecule has 2 saturated heterocycles. The van der Waals surface area contributed by atoms with Crippen molar-refractivity contribution in [3.8, 4) is 0 Å². The van der Waals surface area contributed by atoms with Crippen molar-refractivity contribution in [3.63, 3.8) is 0 Å². The van der Waals surface area contributed by atoms with E-state index in [9.17, 15) is 27.6 Å². The quantitative estimate of drug-likeness (QED) is 0.804. The predicted octanol–water partition coefficient (Wildman–Crippen LogP) is 0.473. The standard InChI is InChI=1S/C12H15F3N2O4/c13-12(14,15)11(21)16-3-1-8(2-4-16)17-6-7(10(19)20)5-9(17)18/h7-8H,1-6H2,(H,19,20). The predicted molar refractivity (Wildman–Crippen MR) is 63.1 cm³/mol. The van der Waals surface area contributed by atoms with Gasteiger partial charge in [0.2, 0.25) is 5.91 Å². The van der Waals surface area contributed by atoms with Crippen molar-refractivity contribution in [1.82, 2.24) is 9.80 Å². The van der Waals surface area contributed by atoms with E-state index in [4.69, 9.17) is 5.11 Å². The summed E-state index contributed by atoms with van der Waals surface area (Å²) in [6.45, 7) is -0.0683. The number of hydrogen-bond acceptors (Lipinski definition) is 3. The number of aliphatic carboxylic acids is 1. The first kappa shape index (κ1) is 15.6. The number of nitrogens with zero attached hydrogens (tertiary/aromatic N) is 2. The highest BCUT2D eigenvalue weighted by Gasteiger charge is 2.45. The lowest BCUT2D eigenvalue weighted by molar-refractivity contribution is -0.186. The van der Waals surface area contributed by atoms with E-state index in [1.807, 2.05) is 0 Å². The number of likely N-dealkylation sites (tertiary alicyclic amines) is 2. The van der Waals surface area contributed by atoms with Crippen LogP contribution in [-0.4, -0.2) is 64.5 Å². The molecule has 2 amide bonds. The van der Waals surface area contributed by atoms with Crippen LogP contribution in [0.3, 0.4) is 0 Å². The summed E-state index contributed by atoms with van der Waals surface area (Å²) < 4.78 is 36.9. The molecule has 0 aliphatic carbocycles. The fraction of sp³-hybridized carbons (Fsp3) is 0.750. The first-order chi connectivity index (χ1) is 9.70. The molecule has 0 spiro atoms. The number of rotatable bonds is 2. The van der Waals surface area contributed by atoms with E-state index in [0.717, 1.165) is 4.90 Å². The van der Waals surface area contributed by atoms with Gasteiger partial charge in [0.15, 0.2) is 0 Å². The minimum Gasteiger partial charge on any atom is -0.481 e. The normalized spacial score (nSPS) is 24.5. The maximum Gasteiger partial charge on any atom is 0.471 e. The number of hydrogen-bond donors (Lipinski definition) is 1. The number of carboxylic acid groups (broad SMARTS) is 1. The highest BCUT2D eigenvalue weighted by molar-refractivity contribution is 5.86. The van der Waals surface area contributed by atoms with Gasteiger partial charge in [0.1, 0.15) is 0 Å². The topological polar surface area (TPSA) is 77.9 Å². The molecular weight excluding hydrogens is 293 g/mol. The third kappa shape index (κ3) is 3.27. The maximum absolute atomic E-state index is 12.3. The molecule has 2 fully saturated rings. The smallest absolute Gasteiger partial charge is 0.471 e. The zero-order valence-corrected chi connectivity index (χ0v) is 11.1. The number of amides is 2. The van der Waals surface area contributed by atoms with Crippen molar-refractivity contribution in [2.45, 2.75) is 31.5 Å². The zero-order valence-electron chi connectivity index (χ0n) is 11.1. The summed E-state index contributed by atoms with van der Waals surface area (Å²) in [6, 6.07) is -0.292. The van der Waals surface area contributed by atoms with Gasteiger partial charge in [-0.2, -0.15) is 13.2 Å². The van der Waals surface area contributed by atoms with Gasteiger partial charge in [0.25, 0.3) is 0 Å². The van der Waals surface area contributed by atoms with Crippen molar-refractivity contribution < 1.29 is 32.7 Å². The second kappa shape index (κ2) is 5.53. The van der Waals surface area contributed by atoms with Gasteiger partial charge in [-0.25, -0.2) is 0 Å². The summed E-state index contributed by atoms with van der Waals surface area (Å²) >= 11 is 0. The second-order valence-electron chi connectivity index (χ2n) is 5.31. The van der Waals surface area contributed by atoms with Crippen molar-refractivity contribution in [1.29, 1.82) is 0 Å². The SMILES string of the molecule is O=C(O)C1CC(=O)N(C2CCN(C(=O)C(F)(F)F)CC2)C1. The van der Waals surface area contributed by atoms with Crippen molar-refractivity contribution in [2.24, 2.45) is 5.92 Å². The molecule has 2 aliphatic rings. The molecule has 0 radical (unpaired) electrons. The van der Waals surface area contributed by atoms with Crippen LogP contribution < -0.4 is 0 Å². The van der Waals surface area contributed by atoms with Crippen LogP contribution in [0.2, 0.25) is 0 Å². The Bertz CT molecular complexity index is 458. The molecular formula is C12H15F3N2O4. The van der Waals surface area contributed by atoms with E-state index < -0.39 is 24.0 Å². The van der Waals surface area contributed by atoms with Gasteiger partial charge in [-0.1, -0.05) is 0 Å². The van der Waals surface area contributed by atoms with Crippen LogP contribution in [0.5, 0.6) is 0 Å². The van der Waals surface area contributed by atoms with Crippen LogP contribution in [0.15, 0.2) is 0 Å². The molecule has 9 heteroatoms. The first-order valence-electron chi connectivity index (χ1n) is 6.58. The summed E-state index contributed by atoms with van der Waals surface area (Å²) in [5.41, 5.74) is 0. The van der Waals surface area contributed by atoms with Crippen LogP contribution >= 0.6 is 0 Å². The van der Waals surface area contributed by atoms with Crippen LogP contribution in [0.4, 0.5) is 13.2 Å². The van der Waals surface area contributed by atoms with Gasteiger partial charge < -0.3 is 14.9 Å². The maximum atomic E-state index is 12.3. The Labute approximate surface area is 118 Å². The van der Waals surface area contributed by atoms with Gasteiger partial charge in [-0.05, 0) is 12.8 Å². The summed E-state index contributed by atoms with van der Waals surface area (Å²) in [5.74, 6) is -3.96. The third-order valence-corrected chi connectivity index (χ3v) is 3.94. The summed E-state index contributed by atoms with van der Waals surface area (Å²) in [7, 11) is 0. The Morgan fingerprint density at radius 1 is 1.19 bits per heavy atom. The molecule has 118 valence electrons. The number of carbonyl (C=O) groups excluding carboxylic acids is 2. The van der Waals surface area contributed by atoms with Crippen molar-refractivity contribution in [2.75, 3.05) is 19.6 Å². The van der Waals surface area contributed by atoms with Crippen LogP contribution in [0, 0.1) is 5.92 Å². The van der Waals surface area contributed by atoms with E-state index >= 15 is 0 Å². The average molecular weight is 308 g/mol. The summed E-state index contributed by atoms with van der Waals surface area (Å²) in [6.07, 6.45) is -4.48. The van der Waals surface area contributed by atoms with Gasteiger partial charge in [0, 0.05) is 32.1 Å². The Kier molecular flexibility index (Phi) is 4.11. The van der Waals surface area contributed by atoms with E-state index in [0.29, 0.717) is 0 Å². The molecule has 2 heterocycles. The molecule has 6 nitrogen and oxygen atoms in total. The number of halogens is 3. The number of carboxylic acids is 1. The first-order valence-corrected chi connectivity index (χ1v) is 6.58. The Hall–Kier alpha value is -1.80. The highest BCUT2D eigenvalue weighted by atomic mass is 19.4. The molecule has 21 heavy (non-hydrogen) atoms. The molecule has 0 saturated carbocycles. The molecule has 0 bridgehead atoms. The van der Waals surface area contributed by atoms with Crippen molar-refractivity contribution in [3.05, 3.63) is 0 Å². The highest BCUT2D eigenvalue weighted by Crippen LogP contribution is 2.27. The van der Waals surface area contributed by atoms with E-state index in [-0.39, 0.29) is 50.8 Å². The molecule has 2 aliphatic heterocycles. The Balaban J connectivity index is 1.91. The monoisotopic (exact) mass is 308 g/mol. The van der Waals surface area contributed by atoms with Gasteiger partial charge in [-0.3, -0.25) is 14.4 Å². The minimum atomic E-state index is -4.88.